The van der Waals surface area contributed by atoms with Crippen LogP contribution in [-0.2, 0) is 4.79 Å². The lowest BCUT2D eigenvalue weighted by Gasteiger charge is -2.26. The molecule has 0 saturated heterocycles. The quantitative estimate of drug-likeness (QED) is 0.855. The molecule has 0 radical (unpaired) electrons. The number of carbonyl (C=O) groups is 1. The van der Waals surface area contributed by atoms with E-state index in [1.807, 2.05) is 20.2 Å². The van der Waals surface area contributed by atoms with Gasteiger partial charge < -0.3 is 15.0 Å². The SMILES string of the molecule is CCCNC1(C(=O)O)CCC(n2cnc(C)c2C)C1. The van der Waals surface area contributed by atoms with Crippen LogP contribution >= 0.6 is 0 Å². The summed E-state index contributed by atoms with van der Waals surface area (Å²) in [7, 11) is 0. The summed E-state index contributed by atoms with van der Waals surface area (Å²) in [5.74, 6) is -0.724. The zero-order valence-corrected chi connectivity index (χ0v) is 11.9. The molecule has 0 amide bonds. The maximum Gasteiger partial charge on any atom is 0.323 e. The molecule has 19 heavy (non-hydrogen) atoms. The highest BCUT2D eigenvalue weighted by Crippen LogP contribution is 2.38. The first-order valence-electron chi connectivity index (χ1n) is 6.98. The van der Waals surface area contributed by atoms with Gasteiger partial charge in [0.25, 0.3) is 0 Å². The number of aryl methyl sites for hydroxylation is 1. The van der Waals surface area contributed by atoms with Gasteiger partial charge in [-0.15, -0.1) is 0 Å². The van der Waals surface area contributed by atoms with Crippen molar-refractivity contribution in [3.05, 3.63) is 17.7 Å². The minimum Gasteiger partial charge on any atom is -0.480 e. The van der Waals surface area contributed by atoms with Gasteiger partial charge in [0.05, 0.1) is 12.0 Å². The van der Waals surface area contributed by atoms with E-state index < -0.39 is 11.5 Å². The summed E-state index contributed by atoms with van der Waals surface area (Å²) in [5, 5.41) is 12.8. The Morgan fingerprint density at radius 3 is 2.89 bits per heavy atom. The average Bonchev–Trinajstić information content (AvgIpc) is 2.94. The second kappa shape index (κ2) is 5.33. The summed E-state index contributed by atoms with van der Waals surface area (Å²) in [4.78, 5) is 15.9. The van der Waals surface area contributed by atoms with Crippen LogP contribution in [0, 0.1) is 13.8 Å². The van der Waals surface area contributed by atoms with Crippen molar-refractivity contribution in [2.45, 2.75) is 58.0 Å². The first-order valence-corrected chi connectivity index (χ1v) is 6.98. The number of nitrogens with zero attached hydrogens (tertiary/aromatic N) is 2. The van der Waals surface area contributed by atoms with Gasteiger partial charge in [-0.25, -0.2) is 4.98 Å². The van der Waals surface area contributed by atoms with Crippen molar-refractivity contribution in [2.24, 2.45) is 0 Å². The van der Waals surface area contributed by atoms with Crippen molar-refractivity contribution >= 4 is 5.97 Å². The van der Waals surface area contributed by atoms with Gasteiger partial charge in [-0.05, 0) is 46.1 Å². The zero-order chi connectivity index (χ0) is 14.0. The van der Waals surface area contributed by atoms with Crippen molar-refractivity contribution in [3.63, 3.8) is 0 Å². The van der Waals surface area contributed by atoms with E-state index in [-0.39, 0.29) is 6.04 Å². The zero-order valence-electron chi connectivity index (χ0n) is 11.9. The number of carboxylic acids is 1. The molecule has 1 aliphatic carbocycles. The lowest BCUT2D eigenvalue weighted by molar-refractivity contribution is -0.144. The highest BCUT2D eigenvalue weighted by molar-refractivity contribution is 5.79. The number of nitrogens with one attached hydrogen (secondary N) is 1. The van der Waals surface area contributed by atoms with Crippen LogP contribution in [0.3, 0.4) is 0 Å². The van der Waals surface area contributed by atoms with E-state index in [4.69, 9.17) is 0 Å². The Hall–Kier alpha value is -1.36. The summed E-state index contributed by atoms with van der Waals surface area (Å²) >= 11 is 0. The molecule has 1 heterocycles. The third-order valence-corrected chi connectivity index (χ3v) is 4.29. The summed E-state index contributed by atoms with van der Waals surface area (Å²) in [6, 6.07) is 0.238. The lowest BCUT2D eigenvalue weighted by atomic mass is 9.97. The number of hydrogen-bond acceptors (Lipinski definition) is 3. The van der Waals surface area contributed by atoms with Crippen LogP contribution in [0.2, 0.25) is 0 Å². The fourth-order valence-electron chi connectivity index (χ4n) is 2.94. The monoisotopic (exact) mass is 265 g/mol. The van der Waals surface area contributed by atoms with Crippen molar-refractivity contribution in [1.82, 2.24) is 14.9 Å². The molecule has 1 aromatic rings. The molecule has 1 aromatic heterocycles. The largest absolute Gasteiger partial charge is 0.480 e. The number of hydrogen-bond donors (Lipinski definition) is 2. The van der Waals surface area contributed by atoms with Crippen molar-refractivity contribution in [1.29, 1.82) is 0 Å². The average molecular weight is 265 g/mol. The maximum absolute atomic E-state index is 11.6. The van der Waals surface area contributed by atoms with Crippen molar-refractivity contribution < 1.29 is 9.90 Å². The highest BCUT2D eigenvalue weighted by Gasteiger charge is 2.45. The molecule has 5 nitrogen and oxygen atoms in total. The van der Waals surface area contributed by atoms with Gasteiger partial charge in [-0.1, -0.05) is 6.92 Å². The van der Waals surface area contributed by atoms with E-state index in [0.717, 1.165) is 30.8 Å². The molecule has 2 rings (SSSR count). The number of aliphatic carboxylic acids is 1. The molecule has 1 saturated carbocycles. The van der Waals surface area contributed by atoms with Crippen LogP contribution in [0.4, 0.5) is 0 Å². The van der Waals surface area contributed by atoms with Gasteiger partial charge in [-0.3, -0.25) is 4.79 Å². The van der Waals surface area contributed by atoms with E-state index in [9.17, 15) is 9.90 Å². The fourth-order valence-corrected chi connectivity index (χ4v) is 2.94. The third-order valence-electron chi connectivity index (χ3n) is 4.29. The van der Waals surface area contributed by atoms with Crippen LogP contribution in [0.15, 0.2) is 6.33 Å². The Morgan fingerprint density at radius 1 is 1.63 bits per heavy atom. The first kappa shape index (κ1) is 14.1. The maximum atomic E-state index is 11.6. The number of carboxylic acid groups (broad SMARTS) is 1. The fraction of sp³-hybridized carbons (Fsp3) is 0.714. The first-order chi connectivity index (χ1) is 9.00. The van der Waals surface area contributed by atoms with E-state index in [1.165, 1.54) is 0 Å². The summed E-state index contributed by atoms with van der Waals surface area (Å²) in [5.41, 5.74) is 1.40. The molecule has 2 N–H and O–H groups in total. The molecule has 0 aliphatic heterocycles. The number of aromatic nitrogens is 2. The Labute approximate surface area is 114 Å². The van der Waals surface area contributed by atoms with Gasteiger partial charge in [0, 0.05) is 11.7 Å². The summed E-state index contributed by atoms with van der Waals surface area (Å²) in [6.45, 7) is 6.84. The topological polar surface area (TPSA) is 67.2 Å². The van der Waals surface area contributed by atoms with E-state index in [0.29, 0.717) is 12.8 Å². The van der Waals surface area contributed by atoms with Gasteiger partial charge in [0.1, 0.15) is 5.54 Å². The van der Waals surface area contributed by atoms with E-state index >= 15 is 0 Å². The standard InChI is InChI=1S/C14H23N3O2/c1-4-7-16-14(13(18)19)6-5-12(8-14)17-9-15-10(2)11(17)3/h9,12,16H,4-8H2,1-3H3,(H,18,19). The van der Waals surface area contributed by atoms with E-state index in [2.05, 4.69) is 21.8 Å². The number of rotatable bonds is 5. The Morgan fingerprint density at radius 2 is 2.37 bits per heavy atom. The smallest absolute Gasteiger partial charge is 0.323 e. The molecule has 0 bridgehead atoms. The van der Waals surface area contributed by atoms with Gasteiger partial charge in [-0.2, -0.15) is 0 Å². The second-order valence-corrected chi connectivity index (χ2v) is 5.53. The van der Waals surface area contributed by atoms with Crippen LogP contribution in [0.1, 0.15) is 50.0 Å². The lowest BCUT2D eigenvalue weighted by Crippen LogP contribution is -2.50. The molecular weight excluding hydrogens is 242 g/mol. The van der Waals surface area contributed by atoms with Gasteiger partial charge >= 0.3 is 5.97 Å². The molecule has 2 unspecified atom stereocenters. The second-order valence-electron chi connectivity index (χ2n) is 5.53. The minimum atomic E-state index is -0.759. The van der Waals surface area contributed by atoms with Crippen molar-refractivity contribution in [2.75, 3.05) is 6.54 Å². The van der Waals surface area contributed by atoms with Gasteiger partial charge in [0.15, 0.2) is 0 Å². The molecule has 0 aromatic carbocycles. The Bertz CT molecular complexity index is 469. The summed E-state index contributed by atoms with van der Waals surface area (Å²) in [6.07, 6.45) is 5.00. The predicted octanol–water partition coefficient (Wildman–Crippen LogP) is 2.05. The Kier molecular flexibility index (Phi) is 3.94. The molecule has 5 heteroatoms. The minimum absolute atomic E-state index is 0.238. The normalized spacial score (nSPS) is 26.8. The van der Waals surface area contributed by atoms with E-state index in [1.54, 1.807) is 0 Å². The van der Waals surface area contributed by atoms with Crippen LogP contribution in [-0.4, -0.2) is 32.7 Å². The van der Waals surface area contributed by atoms with Gasteiger partial charge in [0.2, 0.25) is 0 Å². The summed E-state index contributed by atoms with van der Waals surface area (Å²) < 4.78 is 2.13. The van der Waals surface area contributed by atoms with Crippen LogP contribution < -0.4 is 5.32 Å². The van der Waals surface area contributed by atoms with Crippen LogP contribution in [0.25, 0.3) is 0 Å². The third kappa shape index (κ3) is 2.52. The molecule has 2 atom stereocenters. The molecule has 106 valence electrons. The molecule has 1 fully saturated rings. The highest BCUT2D eigenvalue weighted by atomic mass is 16.4. The van der Waals surface area contributed by atoms with Crippen molar-refractivity contribution in [3.8, 4) is 0 Å². The molecular formula is C14H23N3O2. The predicted molar refractivity (Wildman–Crippen MR) is 73.2 cm³/mol. The molecule has 0 spiro atoms. The van der Waals surface area contributed by atoms with Crippen LogP contribution in [0.5, 0.6) is 0 Å². The molecule has 1 aliphatic rings. The Balaban J connectivity index is 2.17. The number of imidazole rings is 1.